The Labute approximate surface area is 116 Å². The summed E-state index contributed by atoms with van der Waals surface area (Å²) in [6.45, 7) is -3.02. The van der Waals surface area contributed by atoms with Gasteiger partial charge < -0.3 is 14.6 Å². The zero-order valence-corrected chi connectivity index (χ0v) is 11.0. The molecule has 1 aromatic heterocycles. The van der Waals surface area contributed by atoms with Crippen LogP contribution in [0.3, 0.4) is 0 Å². The number of anilines is 1. The van der Waals surface area contributed by atoms with E-state index in [-0.39, 0.29) is 22.8 Å². The first-order valence-corrected chi connectivity index (χ1v) is 6.46. The Morgan fingerprint density at radius 2 is 2.20 bits per heavy atom. The van der Waals surface area contributed by atoms with E-state index in [4.69, 9.17) is 5.41 Å². The Hall–Kier alpha value is -2.22. The Morgan fingerprint density at radius 1 is 1.45 bits per heavy atom. The molecule has 0 saturated heterocycles. The third-order valence-electron chi connectivity index (χ3n) is 2.37. The van der Waals surface area contributed by atoms with Gasteiger partial charge in [0.25, 0.3) is 0 Å². The number of nitrogens with zero attached hydrogens (tertiary/aromatic N) is 1. The highest BCUT2D eigenvalue weighted by molar-refractivity contribution is 7.06. The molecule has 2 N–H and O–H groups in total. The first-order valence-electron chi connectivity index (χ1n) is 5.58. The number of thiazole rings is 1. The van der Waals surface area contributed by atoms with Crippen LogP contribution in [0.4, 0.5) is 14.5 Å². The molecule has 20 heavy (non-hydrogen) atoms. The predicted octanol–water partition coefficient (Wildman–Crippen LogP) is 2.27. The molecule has 0 unspecified atom stereocenters. The third kappa shape index (κ3) is 3.64. The van der Waals surface area contributed by atoms with Gasteiger partial charge in [-0.15, -0.1) is 11.3 Å². The maximum Gasteiger partial charge on any atom is 0.387 e. The first-order chi connectivity index (χ1) is 9.56. The van der Waals surface area contributed by atoms with Gasteiger partial charge in [0.2, 0.25) is 5.91 Å². The van der Waals surface area contributed by atoms with Gasteiger partial charge in [0.15, 0.2) is 4.80 Å². The molecule has 0 spiro atoms. The van der Waals surface area contributed by atoms with E-state index in [1.54, 1.807) is 17.6 Å². The fraction of sp³-hybridized carbons (Fsp3) is 0.167. The van der Waals surface area contributed by atoms with Crippen molar-refractivity contribution >= 4 is 22.9 Å². The normalized spacial score (nSPS) is 10.6. The van der Waals surface area contributed by atoms with Gasteiger partial charge in [-0.3, -0.25) is 10.2 Å². The number of para-hydroxylation sites is 2. The molecular weight excluding hydrogens is 288 g/mol. The molecule has 1 aromatic carbocycles. The number of carbonyl (C=O) groups is 1. The van der Waals surface area contributed by atoms with Crippen LogP contribution in [0.2, 0.25) is 0 Å². The molecule has 2 rings (SSSR count). The number of nitrogens with one attached hydrogen (secondary N) is 2. The maximum atomic E-state index is 12.2. The largest absolute Gasteiger partial charge is 0.433 e. The van der Waals surface area contributed by atoms with Crippen molar-refractivity contribution in [3.05, 3.63) is 40.6 Å². The molecule has 8 heteroatoms. The molecule has 0 aliphatic rings. The summed E-state index contributed by atoms with van der Waals surface area (Å²) in [5.74, 6) is -0.524. The van der Waals surface area contributed by atoms with E-state index in [2.05, 4.69) is 10.1 Å². The van der Waals surface area contributed by atoms with Crippen molar-refractivity contribution < 1.29 is 18.3 Å². The minimum atomic E-state index is -2.96. The van der Waals surface area contributed by atoms with Gasteiger partial charge in [-0.2, -0.15) is 8.78 Å². The van der Waals surface area contributed by atoms with Crippen LogP contribution in [0.15, 0.2) is 35.8 Å². The molecule has 2 aromatic rings. The van der Waals surface area contributed by atoms with E-state index in [9.17, 15) is 13.6 Å². The van der Waals surface area contributed by atoms with Crippen molar-refractivity contribution in [1.82, 2.24) is 4.57 Å². The highest BCUT2D eigenvalue weighted by Gasteiger charge is 2.11. The second kappa shape index (κ2) is 6.29. The summed E-state index contributed by atoms with van der Waals surface area (Å²) in [5.41, 5.74) is 0.167. The Bertz CT molecular complexity index is 654. The molecule has 0 bridgehead atoms. The SMILES string of the molecule is N=c1sccn1CC(=O)Nc1ccccc1OC(F)F. The number of rotatable bonds is 5. The molecule has 1 amide bonds. The summed E-state index contributed by atoms with van der Waals surface area (Å²) in [6, 6.07) is 5.94. The quantitative estimate of drug-likeness (QED) is 0.889. The summed E-state index contributed by atoms with van der Waals surface area (Å²) in [4.78, 5) is 12.0. The maximum absolute atomic E-state index is 12.2. The van der Waals surface area contributed by atoms with E-state index in [1.807, 2.05) is 0 Å². The lowest BCUT2D eigenvalue weighted by Gasteiger charge is -2.11. The third-order valence-corrected chi connectivity index (χ3v) is 3.09. The summed E-state index contributed by atoms with van der Waals surface area (Å²) in [5, 5.41) is 11.7. The van der Waals surface area contributed by atoms with E-state index in [0.29, 0.717) is 0 Å². The second-order valence-electron chi connectivity index (χ2n) is 3.76. The molecule has 0 saturated carbocycles. The zero-order valence-electron chi connectivity index (χ0n) is 10.2. The van der Waals surface area contributed by atoms with Crippen molar-refractivity contribution in [3.63, 3.8) is 0 Å². The highest BCUT2D eigenvalue weighted by Crippen LogP contribution is 2.25. The van der Waals surface area contributed by atoms with Crippen molar-refractivity contribution in [2.45, 2.75) is 13.2 Å². The summed E-state index contributed by atoms with van der Waals surface area (Å²) < 4.78 is 30.2. The van der Waals surface area contributed by atoms with Gasteiger partial charge in [0.1, 0.15) is 12.3 Å². The van der Waals surface area contributed by atoms with Crippen LogP contribution < -0.4 is 14.9 Å². The first kappa shape index (κ1) is 14.2. The Morgan fingerprint density at radius 3 is 2.85 bits per heavy atom. The van der Waals surface area contributed by atoms with Crippen LogP contribution in [0.25, 0.3) is 0 Å². The van der Waals surface area contributed by atoms with Gasteiger partial charge >= 0.3 is 6.61 Å². The van der Waals surface area contributed by atoms with E-state index >= 15 is 0 Å². The molecular formula is C12H11F2N3O2S. The predicted molar refractivity (Wildman–Crippen MR) is 69.9 cm³/mol. The van der Waals surface area contributed by atoms with E-state index in [1.165, 1.54) is 34.1 Å². The molecule has 106 valence electrons. The molecule has 0 aliphatic heterocycles. The van der Waals surface area contributed by atoms with Gasteiger partial charge in [0.05, 0.1) is 5.69 Å². The molecule has 1 heterocycles. The molecule has 0 radical (unpaired) electrons. The number of alkyl halides is 2. The van der Waals surface area contributed by atoms with Crippen molar-refractivity contribution in [3.8, 4) is 5.75 Å². The molecule has 0 fully saturated rings. The topological polar surface area (TPSA) is 67.1 Å². The Balaban J connectivity index is 2.08. The number of halogens is 2. The van der Waals surface area contributed by atoms with Gasteiger partial charge in [0, 0.05) is 11.6 Å². The highest BCUT2D eigenvalue weighted by atomic mass is 32.1. The number of amides is 1. The van der Waals surface area contributed by atoms with Crippen LogP contribution in [-0.4, -0.2) is 17.1 Å². The molecule has 0 aliphatic carbocycles. The lowest BCUT2D eigenvalue weighted by Crippen LogP contribution is -2.24. The Kier molecular flexibility index (Phi) is 4.46. The number of aromatic nitrogens is 1. The minimum Gasteiger partial charge on any atom is -0.433 e. The lowest BCUT2D eigenvalue weighted by atomic mass is 10.3. The standard InChI is InChI=1S/C12H11F2N3O2S/c13-11(14)19-9-4-2-1-3-8(9)16-10(18)7-17-5-6-20-12(17)15/h1-6,11,15H,7H2,(H,16,18). The summed E-state index contributed by atoms with van der Waals surface area (Å²) in [7, 11) is 0. The molecule has 5 nitrogen and oxygen atoms in total. The number of benzene rings is 1. The molecule has 0 atom stereocenters. The van der Waals surface area contributed by atoms with Gasteiger partial charge in [-0.1, -0.05) is 12.1 Å². The fourth-order valence-electron chi connectivity index (χ4n) is 1.54. The number of hydrogen-bond donors (Lipinski definition) is 2. The zero-order chi connectivity index (χ0) is 14.5. The van der Waals surface area contributed by atoms with Gasteiger partial charge in [-0.25, -0.2) is 0 Å². The summed E-state index contributed by atoms with van der Waals surface area (Å²) in [6.07, 6.45) is 1.61. The lowest BCUT2D eigenvalue weighted by molar-refractivity contribution is -0.116. The van der Waals surface area contributed by atoms with Crippen molar-refractivity contribution in [1.29, 1.82) is 5.41 Å². The number of carbonyl (C=O) groups excluding carboxylic acids is 1. The number of ether oxygens (including phenoxy) is 1. The van der Waals surface area contributed by atoms with Crippen molar-refractivity contribution in [2.75, 3.05) is 5.32 Å². The monoisotopic (exact) mass is 299 g/mol. The van der Waals surface area contributed by atoms with Crippen molar-refractivity contribution in [2.24, 2.45) is 0 Å². The van der Waals surface area contributed by atoms with E-state index in [0.717, 1.165) is 0 Å². The summed E-state index contributed by atoms with van der Waals surface area (Å²) >= 11 is 1.19. The minimum absolute atomic E-state index is 0.0641. The second-order valence-corrected chi connectivity index (χ2v) is 4.65. The average molecular weight is 299 g/mol. The van der Waals surface area contributed by atoms with Crippen LogP contribution in [0.1, 0.15) is 0 Å². The van der Waals surface area contributed by atoms with E-state index < -0.39 is 12.5 Å². The van der Waals surface area contributed by atoms with Crippen LogP contribution in [0, 0.1) is 5.41 Å². The average Bonchev–Trinajstić information content (AvgIpc) is 2.77. The number of hydrogen-bond acceptors (Lipinski definition) is 4. The van der Waals surface area contributed by atoms with Gasteiger partial charge in [-0.05, 0) is 12.1 Å². The van der Waals surface area contributed by atoms with Crippen LogP contribution in [0.5, 0.6) is 5.75 Å². The fourth-order valence-corrected chi connectivity index (χ4v) is 2.14. The van der Waals surface area contributed by atoms with Crippen LogP contribution in [-0.2, 0) is 11.3 Å². The smallest absolute Gasteiger partial charge is 0.387 e. The van der Waals surface area contributed by atoms with Crippen LogP contribution >= 0.6 is 11.3 Å².